The fourth-order valence-electron chi connectivity index (χ4n) is 2.30. The number of likely N-dealkylation sites (N-methyl/N-ethyl adjacent to an activating group) is 1. The molecule has 1 N–H and O–H groups in total. The maximum absolute atomic E-state index is 13.6. The van der Waals surface area contributed by atoms with Crippen molar-refractivity contribution < 1.29 is 8.81 Å². The molecule has 18 heavy (non-hydrogen) atoms. The number of benzene rings is 1. The first-order chi connectivity index (χ1) is 8.61. The van der Waals surface area contributed by atoms with Gasteiger partial charge < -0.3 is 9.73 Å². The summed E-state index contributed by atoms with van der Waals surface area (Å²) in [6.07, 6.45) is 1.66. The number of alkyl halides is 1. The molecule has 1 aromatic carbocycles. The first-order valence-electron chi connectivity index (χ1n) is 6.39. The van der Waals surface area contributed by atoms with Gasteiger partial charge in [-0.3, -0.25) is 4.39 Å². The summed E-state index contributed by atoms with van der Waals surface area (Å²) in [5.74, 6) is 0. The minimum absolute atomic E-state index is 0.0804. The molecule has 2 rings (SSSR count). The zero-order chi connectivity index (χ0) is 13.2. The van der Waals surface area contributed by atoms with Crippen molar-refractivity contribution in [1.82, 2.24) is 5.32 Å². The third-order valence-corrected chi connectivity index (χ3v) is 3.86. The molecular weight excluding hydrogens is 229 g/mol. The Bertz CT molecular complexity index is 522. The SMILES string of the molecule is CCNC(C)C(C)(CF)c1ccc2occc2c1. The van der Waals surface area contributed by atoms with Crippen molar-refractivity contribution in [2.75, 3.05) is 13.2 Å². The second kappa shape index (κ2) is 5.11. The number of fused-ring (bicyclic) bond motifs is 1. The summed E-state index contributed by atoms with van der Waals surface area (Å²) in [7, 11) is 0. The van der Waals surface area contributed by atoms with Crippen molar-refractivity contribution in [2.24, 2.45) is 0 Å². The molecule has 0 bridgehead atoms. The van der Waals surface area contributed by atoms with Crippen LogP contribution in [0.1, 0.15) is 26.3 Å². The van der Waals surface area contributed by atoms with Crippen LogP contribution in [0.15, 0.2) is 34.9 Å². The molecule has 2 nitrogen and oxygen atoms in total. The Morgan fingerprint density at radius 3 is 2.83 bits per heavy atom. The second-order valence-corrected chi connectivity index (χ2v) is 5.00. The fourth-order valence-corrected chi connectivity index (χ4v) is 2.30. The molecule has 0 radical (unpaired) electrons. The molecule has 2 atom stereocenters. The van der Waals surface area contributed by atoms with E-state index in [1.165, 1.54) is 0 Å². The predicted octanol–water partition coefficient (Wildman–Crippen LogP) is 3.66. The van der Waals surface area contributed by atoms with E-state index in [1.807, 2.05) is 45.0 Å². The molecule has 1 aromatic heterocycles. The largest absolute Gasteiger partial charge is 0.464 e. The fraction of sp³-hybridized carbons (Fsp3) is 0.467. The molecule has 0 aliphatic rings. The summed E-state index contributed by atoms with van der Waals surface area (Å²) in [6.45, 7) is 6.48. The third-order valence-electron chi connectivity index (χ3n) is 3.86. The van der Waals surface area contributed by atoms with Crippen LogP contribution < -0.4 is 5.32 Å². The first-order valence-corrected chi connectivity index (χ1v) is 6.39. The Labute approximate surface area is 107 Å². The Balaban J connectivity index is 2.41. The van der Waals surface area contributed by atoms with Gasteiger partial charge in [-0.05, 0) is 37.2 Å². The van der Waals surface area contributed by atoms with Gasteiger partial charge in [0.25, 0.3) is 0 Å². The van der Waals surface area contributed by atoms with Gasteiger partial charge in [-0.1, -0.05) is 19.9 Å². The van der Waals surface area contributed by atoms with Crippen LogP contribution in [0.25, 0.3) is 11.0 Å². The van der Waals surface area contributed by atoms with Gasteiger partial charge in [-0.25, -0.2) is 0 Å². The van der Waals surface area contributed by atoms with Crippen molar-refractivity contribution in [3.8, 4) is 0 Å². The number of rotatable bonds is 5. The van der Waals surface area contributed by atoms with Crippen LogP contribution in [-0.4, -0.2) is 19.3 Å². The van der Waals surface area contributed by atoms with Crippen LogP contribution in [0.5, 0.6) is 0 Å². The number of furan rings is 1. The summed E-state index contributed by atoms with van der Waals surface area (Å²) >= 11 is 0. The molecule has 0 aliphatic heterocycles. The van der Waals surface area contributed by atoms with Crippen molar-refractivity contribution in [3.05, 3.63) is 36.1 Å². The molecule has 0 fully saturated rings. The Morgan fingerprint density at radius 2 is 2.17 bits per heavy atom. The molecule has 2 aromatic rings. The summed E-state index contributed by atoms with van der Waals surface area (Å²) in [6, 6.07) is 7.88. The summed E-state index contributed by atoms with van der Waals surface area (Å²) in [5, 5.41) is 4.34. The van der Waals surface area contributed by atoms with Gasteiger partial charge in [-0.2, -0.15) is 0 Å². The van der Waals surface area contributed by atoms with Gasteiger partial charge in [0.1, 0.15) is 12.3 Å². The van der Waals surface area contributed by atoms with E-state index in [1.54, 1.807) is 6.26 Å². The molecule has 3 heteroatoms. The van der Waals surface area contributed by atoms with Gasteiger partial charge in [0.2, 0.25) is 0 Å². The van der Waals surface area contributed by atoms with E-state index in [0.717, 1.165) is 23.1 Å². The summed E-state index contributed by atoms with van der Waals surface area (Å²) < 4.78 is 18.9. The highest BCUT2D eigenvalue weighted by molar-refractivity contribution is 5.78. The maximum atomic E-state index is 13.6. The van der Waals surface area contributed by atoms with Crippen LogP contribution in [-0.2, 0) is 5.41 Å². The zero-order valence-electron chi connectivity index (χ0n) is 11.2. The molecular formula is C15H20FNO. The number of hydrogen-bond donors (Lipinski definition) is 1. The van der Waals surface area contributed by atoms with Gasteiger partial charge in [0.05, 0.1) is 6.26 Å². The molecule has 0 saturated heterocycles. The lowest BCUT2D eigenvalue weighted by Crippen LogP contribution is -2.46. The van der Waals surface area contributed by atoms with E-state index in [2.05, 4.69) is 5.32 Å². The monoisotopic (exact) mass is 249 g/mol. The summed E-state index contributed by atoms with van der Waals surface area (Å²) in [4.78, 5) is 0. The van der Waals surface area contributed by atoms with Crippen LogP contribution in [0, 0.1) is 0 Å². The Morgan fingerprint density at radius 1 is 1.39 bits per heavy atom. The first kappa shape index (κ1) is 13.1. The van der Waals surface area contributed by atoms with Crippen LogP contribution in [0.4, 0.5) is 4.39 Å². The lowest BCUT2D eigenvalue weighted by atomic mass is 9.77. The lowest BCUT2D eigenvalue weighted by molar-refractivity contribution is 0.260. The van der Waals surface area contributed by atoms with Gasteiger partial charge in [-0.15, -0.1) is 0 Å². The zero-order valence-corrected chi connectivity index (χ0v) is 11.2. The van der Waals surface area contributed by atoms with E-state index in [4.69, 9.17) is 4.42 Å². The normalized spacial score (nSPS) is 16.7. The van der Waals surface area contributed by atoms with Crippen molar-refractivity contribution >= 4 is 11.0 Å². The number of nitrogens with one attached hydrogen (secondary N) is 1. The number of halogens is 1. The maximum Gasteiger partial charge on any atom is 0.133 e. The molecule has 98 valence electrons. The average Bonchev–Trinajstić information content (AvgIpc) is 2.85. The Hall–Kier alpha value is -1.35. The van der Waals surface area contributed by atoms with Crippen LogP contribution >= 0.6 is 0 Å². The second-order valence-electron chi connectivity index (χ2n) is 5.00. The van der Waals surface area contributed by atoms with Gasteiger partial charge in [0.15, 0.2) is 0 Å². The molecule has 0 aliphatic carbocycles. The van der Waals surface area contributed by atoms with Crippen LogP contribution in [0.3, 0.4) is 0 Å². The van der Waals surface area contributed by atoms with Crippen molar-refractivity contribution in [2.45, 2.75) is 32.2 Å². The van der Waals surface area contributed by atoms with Crippen molar-refractivity contribution in [3.63, 3.8) is 0 Å². The highest BCUT2D eigenvalue weighted by Crippen LogP contribution is 2.31. The average molecular weight is 249 g/mol. The molecule has 0 spiro atoms. The third kappa shape index (κ3) is 2.15. The summed E-state index contributed by atoms with van der Waals surface area (Å²) in [5.41, 5.74) is 1.34. The molecule has 0 saturated carbocycles. The highest BCUT2D eigenvalue weighted by atomic mass is 19.1. The minimum Gasteiger partial charge on any atom is -0.464 e. The number of hydrogen-bond acceptors (Lipinski definition) is 2. The van der Waals surface area contributed by atoms with E-state index >= 15 is 0 Å². The predicted molar refractivity (Wildman–Crippen MR) is 72.7 cm³/mol. The molecule has 0 amide bonds. The minimum atomic E-state index is -0.512. The molecule has 2 unspecified atom stereocenters. The van der Waals surface area contributed by atoms with E-state index < -0.39 is 5.41 Å². The van der Waals surface area contributed by atoms with E-state index in [9.17, 15) is 4.39 Å². The highest BCUT2D eigenvalue weighted by Gasteiger charge is 2.33. The van der Waals surface area contributed by atoms with E-state index in [-0.39, 0.29) is 12.7 Å². The van der Waals surface area contributed by atoms with E-state index in [0.29, 0.717) is 0 Å². The standard InChI is InChI=1S/C15H20FNO/c1-4-17-11(2)15(3,10-16)13-5-6-14-12(9-13)7-8-18-14/h5-9,11,17H,4,10H2,1-3H3. The van der Waals surface area contributed by atoms with Crippen LogP contribution in [0.2, 0.25) is 0 Å². The topological polar surface area (TPSA) is 25.2 Å². The Kier molecular flexibility index (Phi) is 3.71. The van der Waals surface area contributed by atoms with Gasteiger partial charge in [0, 0.05) is 16.8 Å². The molecule has 1 heterocycles. The van der Waals surface area contributed by atoms with Gasteiger partial charge >= 0.3 is 0 Å². The smallest absolute Gasteiger partial charge is 0.133 e. The van der Waals surface area contributed by atoms with Crippen molar-refractivity contribution in [1.29, 1.82) is 0 Å². The quantitative estimate of drug-likeness (QED) is 0.874. The lowest BCUT2D eigenvalue weighted by Gasteiger charge is -2.34.